The summed E-state index contributed by atoms with van der Waals surface area (Å²) < 4.78 is 33.7. The Labute approximate surface area is 252 Å². The first-order valence-corrected chi connectivity index (χ1v) is 15.6. The maximum atomic E-state index is 13.5. The lowest BCUT2D eigenvalue weighted by Gasteiger charge is -2.24. The van der Waals surface area contributed by atoms with Gasteiger partial charge in [0, 0.05) is 11.8 Å². The Hall–Kier alpha value is -4.64. The van der Waals surface area contributed by atoms with Crippen molar-refractivity contribution in [3.63, 3.8) is 0 Å². The third-order valence-corrected chi connectivity index (χ3v) is 7.50. The number of carbonyl (C=O) groups is 2. The highest BCUT2D eigenvalue weighted by Gasteiger charge is 2.23. The summed E-state index contributed by atoms with van der Waals surface area (Å²) in [5.74, 6) is -0.511. The molecule has 3 aromatic carbocycles. The summed E-state index contributed by atoms with van der Waals surface area (Å²) in [6.45, 7) is 9.75. The van der Waals surface area contributed by atoms with Gasteiger partial charge in [-0.1, -0.05) is 57.2 Å². The minimum absolute atomic E-state index is 0.187. The molecule has 0 aliphatic heterocycles. The molecule has 0 spiro atoms. The van der Waals surface area contributed by atoms with Crippen molar-refractivity contribution in [1.82, 2.24) is 15.1 Å². The molecule has 1 heterocycles. The van der Waals surface area contributed by atoms with E-state index in [2.05, 4.69) is 20.5 Å². The average Bonchev–Trinajstić information content (AvgIpc) is 3.42. The van der Waals surface area contributed by atoms with Crippen molar-refractivity contribution in [2.75, 3.05) is 23.4 Å². The van der Waals surface area contributed by atoms with Crippen molar-refractivity contribution in [2.24, 2.45) is 0 Å². The Kier molecular flexibility index (Phi) is 8.96. The van der Waals surface area contributed by atoms with E-state index in [9.17, 15) is 18.0 Å². The van der Waals surface area contributed by atoms with Gasteiger partial charge in [-0.15, -0.1) is 0 Å². The number of sulfonamides is 1. The van der Waals surface area contributed by atoms with Crippen LogP contribution < -0.4 is 20.1 Å². The van der Waals surface area contributed by atoms with Crippen molar-refractivity contribution in [3.8, 4) is 11.4 Å². The van der Waals surface area contributed by atoms with E-state index in [1.54, 1.807) is 41.2 Å². The van der Waals surface area contributed by atoms with Gasteiger partial charge in [0.05, 0.1) is 48.2 Å². The van der Waals surface area contributed by atoms with Crippen LogP contribution in [0.3, 0.4) is 0 Å². The second kappa shape index (κ2) is 12.3. The van der Waals surface area contributed by atoms with Crippen LogP contribution in [0.25, 0.3) is 5.69 Å². The van der Waals surface area contributed by atoms with Gasteiger partial charge in [-0.25, -0.2) is 13.1 Å². The molecule has 0 saturated carbocycles. The Bertz CT molecular complexity index is 1760. The van der Waals surface area contributed by atoms with Gasteiger partial charge >= 0.3 is 0 Å². The molecule has 0 unspecified atom stereocenters. The molecule has 0 bridgehead atoms. The van der Waals surface area contributed by atoms with Crippen LogP contribution in [0, 0.1) is 6.92 Å². The van der Waals surface area contributed by atoms with Crippen molar-refractivity contribution >= 4 is 33.2 Å². The Morgan fingerprint density at radius 2 is 1.63 bits per heavy atom. The fourth-order valence-corrected chi connectivity index (χ4v) is 5.07. The first-order chi connectivity index (χ1) is 20.2. The van der Waals surface area contributed by atoms with Crippen molar-refractivity contribution < 1.29 is 22.7 Å². The summed E-state index contributed by atoms with van der Waals surface area (Å²) in [5, 5.41) is 10.2. The van der Waals surface area contributed by atoms with Gasteiger partial charge in [0.2, 0.25) is 10.0 Å². The molecule has 43 heavy (non-hydrogen) atoms. The first-order valence-electron chi connectivity index (χ1n) is 13.7. The number of aromatic nitrogens is 2. The van der Waals surface area contributed by atoms with Crippen LogP contribution in [0.1, 0.15) is 71.1 Å². The van der Waals surface area contributed by atoms with Gasteiger partial charge in [0.1, 0.15) is 0 Å². The largest absolute Gasteiger partial charge is 0.492 e. The molecule has 0 aliphatic rings. The Morgan fingerprint density at radius 3 is 2.26 bits per heavy atom. The van der Waals surface area contributed by atoms with E-state index < -0.39 is 15.9 Å². The molecule has 0 fully saturated rings. The van der Waals surface area contributed by atoms with Crippen LogP contribution in [0.4, 0.5) is 11.4 Å². The number of anilines is 2. The predicted molar refractivity (Wildman–Crippen MR) is 169 cm³/mol. The van der Waals surface area contributed by atoms with E-state index in [1.165, 1.54) is 13.3 Å². The van der Waals surface area contributed by atoms with E-state index >= 15 is 0 Å². The van der Waals surface area contributed by atoms with E-state index in [0.29, 0.717) is 22.5 Å². The zero-order valence-electron chi connectivity index (χ0n) is 25.3. The molecule has 10 nitrogen and oxygen atoms in total. The summed E-state index contributed by atoms with van der Waals surface area (Å²) in [6.07, 6.45) is 4.16. The quantitative estimate of drug-likeness (QED) is 0.228. The normalized spacial score (nSPS) is 12.3. The summed E-state index contributed by atoms with van der Waals surface area (Å²) in [6, 6.07) is 18.1. The van der Waals surface area contributed by atoms with Crippen LogP contribution in [0.2, 0.25) is 0 Å². The lowest BCUT2D eigenvalue weighted by molar-refractivity contribution is 0.0939. The van der Waals surface area contributed by atoms with Gasteiger partial charge < -0.3 is 15.4 Å². The summed E-state index contributed by atoms with van der Waals surface area (Å²) in [4.78, 5) is 26.4. The number of ether oxygens (including phenoxy) is 1. The highest BCUT2D eigenvalue weighted by Crippen LogP contribution is 2.39. The summed E-state index contributed by atoms with van der Waals surface area (Å²) in [5.41, 5.74) is 4.16. The molecular formula is C32H37N5O5S. The zero-order valence-corrected chi connectivity index (χ0v) is 26.2. The van der Waals surface area contributed by atoms with Gasteiger partial charge in [0.15, 0.2) is 5.75 Å². The highest BCUT2D eigenvalue weighted by atomic mass is 32.2. The van der Waals surface area contributed by atoms with E-state index in [-0.39, 0.29) is 28.8 Å². The van der Waals surface area contributed by atoms with Crippen LogP contribution in [-0.2, 0) is 15.4 Å². The predicted octanol–water partition coefficient (Wildman–Crippen LogP) is 5.60. The van der Waals surface area contributed by atoms with Gasteiger partial charge in [-0.3, -0.25) is 14.3 Å². The molecule has 11 heteroatoms. The number of hydrogen-bond donors (Lipinski definition) is 3. The lowest BCUT2D eigenvalue weighted by atomic mass is 9.86. The van der Waals surface area contributed by atoms with Crippen LogP contribution in [-0.4, -0.2) is 43.4 Å². The number of nitrogens with zero attached hydrogens (tertiary/aromatic N) is 2. The molecule has 4 aromatic rings. The second-order valence-corrected chi connectivity index (χ2v) is 13.2. The fourth-order valence-electron chi connectivity index (χ4n) is 4.52. The monoisotopic (exact) mass is 603 g/mol. The molecule has 0 aliphatic carbocycles. The fraction of sp³-hybridized carbons (Fsp3) is 0.281. The lowest BCUT2D eigenvalue weighted by Crippen LogP contribution is -2.26. The molecule has 4 rings (SSSR count). The molecule has 0 saturated heterocycles. The first kappa shape index (κ1) is 31.3. The number of aryl methyl sites for hydroxylation is 1. The minimum atomic E-state index is -3.62. The number of benzene rings is 3. The summed E-state index contributed by atoms with van der Waals surface area (Å²) >= 11 is 0. The van der Waals surface area contributed by atoms with Gasteiger partial charge in [-0.05, 0) is 60.2 Å². The third-order valence-electron chi connectivity index (χ3n) is 6.91. The van der Waals surface area contributed by atoms with Gasteiger partial charge in [-0.2, -0.15) is 5.10 Å². The highest BCUT2D eigenvalue weighted by molar-refractivity contribution is 7.92. The number of hydrogen-bond acceptors (Lipinski definition) is 6. The molecular weight excluding hydrogens is 566 g/mol. The maximum absolute atomic E-state index is 13.5. The molecule has 226 valence electrons. The molecule has 1 atom stereocenters. The Balaban J connectivity index is 1.61. The number of carbonyl (C=O) groups excluding carboxylic acids is 2. The smallest absolute Gasteiger partial charge is 0.255 e. The standard InChI is InChI=1S/C32H37N5O5S/c1-20-13-14-23(15-28(20)37-19-24(18-33-37)31(39)34-21(2)22-11-9-8-10-12-22)30(38)35-26-16-25(32(3,4)5)17-27(29(26)42-6)36-43(7,40)41/h8-19,21,36H,1-7H3,(H,34,39)(H,35,38)/t21-/m0/s1. The van der Waals surface area contributed by atoms with E-state index in [1.807, 2.05) is 65.0 Å². The van der Waals surface area contributed by atoms with Gasteiger partial charge in [0.25, 0.3) is 11.8 Å². The molecule has 0 radical (unpaired) electrons. The number of rotatable bonds is 9. The Morgan fingerprint density at radius 1 is 0.953 bits per heavy atom. The molecule has 3 N–H and O–H groups in total. The third kappa shape index (κ3) is 7.61. The van der Waals surface area contributed by atoms with E-state index in [4.69, 9.17) is 4.74 Å². The topological polar surface area (TPSA) is 131 Å². The van der Waals surface area contributed by atoms with Crippen LogP contribution in [0.5, 0.6) is 5.75 Å². The SMILES string of the molecule is COc1c(NC(=O)c2ccc(C)c(-n3cc(C(=O)N[C@@H](C)c4ccccc4)cn3)c2)cc(C(C)(C)C)cc1NS(C)(=O)=O. The zero-order chi connectivity index (χ0) is 31.5. The number of amides is 2. The number of nitrogens with one attached hydrogen (secondary N) is 3. The van der Waals surface area contributed by atoms with Crippen molar-refractivity contribution in [2.45, 2.75) is 46.1 Å². The summed E-state index contributed by atoms with van der Waals surface area (Å²) in [7, 11) is -2.21. The molecule has 1 aromatic heterocycles. The minimum Gasteiger partial charge on any atom is -0.492 e. The van der Waals surface area contributed by atoms with Crippen molar-refractivity contribution in [1.29, 1.82) is 0 Å². The van der Waals surface area contributed by atoms with E-state index in [0.717, 1.165) is 22.9 Å². The molecule has 2 amide bonds. The second-order valence-electron chi connectivity index (χ2n) is 11.5. The maximum Gasteiger partial charge on any atom is 0.255 e. The van der Waals surface area contributed by atoms with Crippen LogP contribution >= 0.6 is 0 Å². The number of methoxy groups -OCH3 is 1. The van der Waals surface area contributed by atoms with Crippen molar-refractivity contribution in [3.05, 3.63) is 101 Å². The average molecular weight is 604 g/mol. The van der Waals surface area contributed by atoms with Crippen LogP contribution in [0.15, 0.2) is 73.1 Å².